The van der Waals surface area contributed by atoms with E-state index in [2.05, 4.69) is 5.32 Å². The standard InChI is InChI=1S/C24H20F3NO3/c1-3-30-16-8-5-14-6-10-22(31-4-2)19(18(14)12-16)13-20-17-9-7-15(24(25,26)27)11-21(17)28-23(20)29/h5-13H,3-4H2,1-2H3,(H,28,29)/b20-13+. The van der Waals surface area contributed by atoms with Gasteiger partial charge < -0.3 is 14.8 Å². The van der Waals surface area contributed by atoms with Gasteiger partial charge in [0.1, 0.15) is 11.5 Å². The minimum Gasteiger partial charge on any atom is -0.494 e. The Hall–Kier alpha value is -3.48. The normalized spacial score (nSPS) is 14.6. The van der Waals surface area contributed by atoms with Gasteiger partial charge in [0.15, 0.2) is 0 Å². The zero-order valence-electron chi connectivity index (χ0n) is 17.0. The van der Waals surface area contributed by atoms with Gasteiger partial charge in [-0.05, 0) is 61.0 Å². The number of hydrogen-bond donors (Lipinski definition) is 1. The highest BCUT2D eigenvalue weighted by atomic mass is 19.4. The largest absolute Gasteiger partial charge is 0.494 e. The van der Waals surface area contributed by atoms with Crippen molar-refractivity contribution in [3.63, 3.8) is 0 Å². The van der Waals surface area contributed by atoms with Crippen molar-refractivity contribution in [1.29, 1.82) is 0 Å². The molecule has 3 aromatic carbocycles. The van der Waals surface area contributed by atoms with Crippen LogP contribution in [0, 0.1) is 0 Å². The molecule has 0 saturated heterocycles. The molecule has 1 amide bonds. The molecule has 0 radical (unpaired) electrons. The summed E-state index contributed by atoms with van der Waals surface area (Å²) in [5.74, 6) is 0.786. The van der Waals surface area contributed by atoms with E-state index in [1.54, 1.807) is 6.08 Å². The van der Waals surface area contributed by atoms with Crippen molar-refractivity contribution in [2.75, 3.05) is 18.5 Å². The van der Waals surface area contributed by atoms with E-state index in [1.165, 1.54) is 6.07 Å². The van der Waals surface area contributed by atoms with Crippen LogP contribution < -0.4 is 14.8 Å². The summed E-state index contributed by atoms with van der Waals surface area (Å²) >= 11 is 0. The molecule has 0 aromatic heterocycles. The molecule has 1 aliphatic rings. The third kappa shape index (κ3) is 3.95. The Balaban J connectivity index is 1.90. The fraction of sp³-hybridized carbons (Fsp3) is 0.208. The van der Waals surface area contributed by atoms with Crippen LogP contribution in [0.15, 0.2) is 48.5 Å². The van der Waals surface area contributed by atoms with Crippen LogP contribution in [-0.2, 0) is 11.0 Å². The number of carbonyl (C=O) groups excluding carboxylic acids is 1. The lowest BCUT2D eigenvalue weighted by atomic mass is 9.98. The smallest absolute Gasteiger partial charge is 0.416 e. The van der Waals surface area contributed by atoms with E-state index in [0.29, 0.717) is 35.8 Å². The quantitative estimate of drug-likeness (QED) is 0.497. The number of ether oxygens (including phenoxy) is 2. The predicted molar refractivity (Wildman–Crippen MR) is 114 cm³/mol. The number of alkyl halides is 3. The third-order valence-corrected chi connectivity index (χ3v) is 5.02. The van der Waals surface area contributed by atoms with Crippen molar-refractivity contribution < 1.29 is 27.4 Å². The van der Waals surface area contributed by atoms with Crippen LogP contribution in [0.4, 0.5) is 18.9 Å². The average Bonchev–Trinajstić information content (AvgIpc) is 3.04. The molecule has 0 spiro atoms. The Labute approximate surface area is 177 Å². The fourth-order valence-electron chi connectivity index (χ4n) is 3.65. The van der Waals surface area contributed by atoms with Crippen LogP contribution in [0.2, 0.25) is 0 Å². The number of rotatable bonds is 5. The number of carbonyl (C=O) groups is 1. The molecule has 0 fully saturated rings. The zero-order chi connectivity index (χ0) is 22.2. The molecule has 3 aromatic rings. The number of nitrogens with one attached hydrogen (secondary N) is 1. The molecule has 0 aliphatic carbocycles. The minimum absolute atomic E-state index is 0.138. The summed E-state index contributed by atoms with van der Waals surface area (Å²) in [6.07, 6.45) is -2.82. The molecular weight excluding hydrogens is 407 g/mol. The number of hydrogen-bond acceptors (Lipinski definition) is 3. The summed E-state index contributed by atoms with van der Waals surface area (Å²) in [5.41, 5.74) is 0.685. The number of anilines is 1. The van der Waals surface area contributed by atoms with Crippen molar-refractivity contribution in [1.82, 2.24) is 0 Å². The Morgan fingerprint density at radius 1 is 0.968 bits per heavy atom. The van der Waals surface area contributed by atoms with E-state index < -0.39 is 17.6 Å². The minimum atomic E-state index is -4.49. The van der Waals surface area contributed by atoms with Gasteiger partial charge in [0, 0.05) is 22.4 Å². The molecule has 0 atom stereocenters. The SMILES string of the molecule is CCOc1ccc2ccc(OCC)c(/C=C3/C(=O)Nc4cc(C(F)(F)F)ccc43)c2c1. The molecule has 4 nitrogen and oxygen atoms in total. The molecule has 1 N–H and O–H groups in total. The van der Waals surface area contributed by atoms with Gasteiger partial charge in [0.25, 0.3) is 5.91 Å². The first-order chi connectivity index (χ1) is 14.8. The lowest BCUT2D eigenvalue weighted by Gasteiger charge is -2.13. The second-order valence-electron chi connectivity index (χ2n) is 7.00. The molecule has 0 saturated carbocycles. The van der Waals surface area contributed by atoms with E-state index in [-0.39, 0.29) is 11.3 Å². The Morgan fingerprint density at radius 3 is 2.42 bits per heavy atom. The van der Waals surface area contributed by atoms with Crippen molar-refractivity contribution >= 4 is 34.0 Å². The van der Waals surface area contributed by atoms with Gasteiger partial charge in [-0.1, -0.05) is 18.2 Å². The van der Waals surface area contributed by atoms with Gasteiger partial charge >= 0.3 is 6.18 Å². The highest BCUT2D eigenvalue weighted by Gasteiger charge is 2.33. The van der Waals surface area contributed by atoms with E-state index >= 15 is 0 Å². The van der Waals surface area contributed by atoms with Crippen molar-refractivity contribution in [2.24, 2.45) is 0 Å². The van der Waals surface area contributed by atoms with Crippen LogP contribution >= 0.6 is 0 Å². The van der Waals surface area contributed by atoms with Crippen LogP contribution in [0.25, 0.3) is 22.4 Å². The lowest BCUT2D eigenvalue weighted by Crippen LogP contribution is -2.06. The molecule has 0 bridgehead atoms. The molecule has 160 valence electrons. The summed E-state index contributed by atoms with van der Waals surface area (Å²) in [6.45, 7) is 4.67. The van der Waals surface area contributed by atoms with Crippen molar-refractivity contribution in [2.45, 2.75) is 20.0 Å². The Kier molecular flexibility index (Phi) is 5.35. The molecule has 0 unspecified atom stereocenters. The van der Waals surface area contributed by atoms with Crippen LogP contribution in [0.1, 0.15) is 30.5 Å². The highest BCUT2D eigenvalue weighted by Crippen LogP contribution is 2.40. The first-order valence-electron chi connectivity index (χ1n) is 9.88. The van der Waals surface area contributed by atoms with Crippen molar-refractivity contribution in [3.8, 4) is 11.5 Å². The van der Waals surface area contributed by atoms with Gasteiger partial charge in [-0.15, -0.1) is 0 Å². The number of amides is 1. The second kappa shape index (κ2) is 7.98. The fourth-order valence-corrected chi connectivity index (χ4v) is 3.65. The van der Waals surface area contributed by atoms with Crippen LogP contribution in [0.3, 0.4) is 0 Å². The maximum absolute atomic E-state index is 13.1. The number of fused-ring (bicyclic) bond motifs is 2. The molecule has 4 rings (SSSR count). The van der Waals surface area contributed by atoms with Crippen LogP contribution in [0.5, 0.6) is 11.5 Å². The molecule has 1 heterocycles. The van der Waals surface area contributed by atoms with E-state index in [9.17, 15) is 18.0 Å². The molecular formula is C24H20F3NO3. The summed E-state index contributed by atoms with van der Waals surface area (Å²) < 4.78 is 50.6. The van der Waals surface area contributed by atoms with Gasteiger partial charge in [-0.2, -0.15) is 13.2 Å². The lowest BCUT2D eigenvalue weighted by molar-refractivity contribution is -0.137. The molecule has 7 heteroatoms. The predicted octanol–water partition coefficient (Wildman–Crippen LogP) is 6.15. The van der Waals surface area contributed by atoms with Crippen LogP contribution in [-0.4, -0.2) is 19.1 Å². The third-order valence-electron chi connectivity index (χ3n) is 5.02. The maximum atomic E-state index is 13.1. The second-order valence-corrected chi connectivity index (χ2v) is 7.00. The summed E-state index contributed by atoms with van der Waals surface area (Å²) in [4.78, 5) is 12.6. The Morgan fingerprint density at radius 2 is 1.71 bits per heavy atom. The summed E-state index contributed by atoms with van der Waals surface area (Å²) in [7, 11) is 0. The summed E-state index contributed by atoms with van der Waals surface area (Å²) in [6, 6.07) is 12.6. The monoisotopic (exact) mass is 427 g/mol. The molecule has 31 heavy (non-hydrogen) atoms. The van der Waals surface area contributed by atoms with Crippen molar-refractivity contribution in [3.05, 3.63) is 65.2 Å². The average molecular weight is 427 g/mol. The first kappa shape index (κ1) is 20.8. The number of halogens is 3. The van der Waals surface area contributed by atoms with Gasteiger partial charge in [-0.3, -0.25) is 4.79 Å². The first-order valence-corrected chi connectivity index (χ1v) is 9.88. The Bertz CT molecular complexity index is 1190. The molecule has 1 aliphatic heterocycles. The van der Waals surface area contributed by atoms with Gasteiger partial charge in [-0.25, -0.2) is 0 Å². The maximum Gasteiger partial charge on any atom is 0.416 e. The van der Waals surface area contributed by atoms with E-state index in [4.69, 9.17) is 9.47 Å². The summed E-state index contributed by atoms with van der Waals surface area (Å²) in [5, 5.41) is 4.28. The van der Waals surface area contributed by atoms with Gasteiger partial charge in [0.2, 0.25) is 0 Å². The number of benzene rings is 3. The highest BCUT2D eigenvalue weighted by molar-refractivity contribution is 6.35. The van der Waals surface area contributed by atoms with E-state index in [1.807, 2.05) is 44.2 Å². The van der Waals surface area contributed by atoms with E-state index in [0.717, 1.165) is 22.9 Å². The zero-order valence-corrected chi connectivity index (χ0v) is 17.0. The topological polar surface area (TPSA) is 47.6 Å². The van der Waals surface area contributed by atoms with Gasteiger partial charge in [0.05, 0.1) is 18.8 Å².